The molecule has 7 nitrogen and oxygen atoms in total. The van der Waals surface area contributed by atoms with Crippen molar-refractivity contribution >= 4 is 12.0 Å². The molecule has 1 atom stereocenters. The van der Waals surface area contributed by atoms with Crippen molar-refractivity contribution in [3.63, 3.8) is 0 Å². The van der Waals surface area contributed by atoms with Crippen molar-refractivity contribution in [1.29, 1.82) is 0 Å². The third kappa shape index (κ3) is 3.57. The molecule has 7 heteroatoms. The van der Waals surface area contributed by atoms with Gasteiger partial charge in [-0.05, 0) is 33.4 Å². The SMILES string of the molecule is CN(CC1(N(C)C)CCC1)C(=O)N[C@@H](CO)C(=O)O. The molecular formula is C12H23N3O4. The summed E-state index contributed by atoms with van der Waals surface area (Å²) < 4.78 is 0. The Morgan fingerprint density at radius 1 is 1.32 bits per heavy atom. The molecule has 1 aliphatic carbocycles. The number of amides is 2. The van der Waals surface area contributed by atoms with E-state index in [-0.39, 0.29) is 5.54 Å². The second-order valence-corrected chi connectivity index (χ2v) is 5.35. The summed E-state index contributed by atoms with van der Waals surface area (Å²) in [6.07, 6.45) is 3.20. The Morgan fingerprint density at radius 3 is 2.21 bits per heavy atom. The minimum Gasteiger partial charge on any atom is -0.480 e. The maximum absolute atomic E-state index is 11.9. The molecule has 0 aliphatic heterocycles. The molecule has 1 aliphatic rings. The first kappa shape index (κ1) is 15.7. The van der Waals surface area contributed by atoms with E-state index >= 15 is 0 Å². The minimum absolute atomic E-state index is 0.00990. The fourth-order valence-corrected chi connectivity index (χ4v) is 2.29. The van der Waals surface area contributed by atoms with E-state index in [2.05, 4.69) is 10.2 Å². The first-order valence-electron chi connectivity index (χ1n) is 6.35. The van der Waals surface area contributed by atoms with E-state index in [4.69, 9.17) is 10.2 Å². The van der Waals surface area contributed by atoms with Crippen LogP contribution in [-0.4, -0.2) is 77.9 Å². The van der Waals surface area contributed by atoms with Gasteiger partial charge in [-0.1, -0.05) is 0 Å². The molecule has 19 heavy (non-hydrogen) atoms. The topological polar surface area (TPSA) is 93.1 Å². The zero-order chi connectivity index (χ0) is 14.6. The summed E-state index contributed by atoms with van der Waals surface area (Å²) in [7, 11) is 5.60. The summed E-state index contributed by atoms with van der Waals surface area (Å²) in [6, 6.07) is -1.73. The predicted molar refractivity (Wildman–Crippen MR) is 69.9 cm³/mol. The Labute approximate surface area is 113 Å². The number of hydrogen-bond acceptors (Lipinski definition) is 4. The second-order valence-electron chi connectivity index (χ2n) is 5.35. The summed E-state index contributed by atoms with van der Waals surface area (Å²) in [6.45, 7) is -0.0721. The van der Waals surface area contributed by atoms with E-state index in [9.17, 15) is 9.59 Å². The first-order valence-corrected chi connectivity index (χ1v) is 6.35. The van der Waals surface area contributed by atoms with E-state index in [0.29, 0.717) is 6.54 Å². The van der Waals surface area contributed by atoms with Crippen molar-refractivity contribution in [3.05, 3.63) is 0 Å². The molecule has 2 amide bonds. The average molecular weight is 273 g/mol. The van der Waals surface area contributed by atoms with E-state index in [1.165, 1.54) is 4.90 Å². The summed E-state index contributed by atoms with van der Waals surface area (Å²) in [4.78, 5) is 26.2. The predicted octanol–water partition coefficient (Wildman–Crippen LogP) is -0.442. The van der Waals surface area contributed by atoms with Crippen LogP contribution in [0.4, 0.5) is 4.79 Å². The van der Waals surface area contributed by atoms with Crippen LogP contribution in [0, 0.1) is 0 Å². The molecular weight excluding hydrogens is 250 g/mol. The van der Waals surface area contributed by atoms with Crippen LogP contribution in [0.2, 0.25) is 0 Å². The van der Waals surface area contributed by atoms with Crippen LogP contribution in [0.5, 0.6) is 0 Å². The van der Waals surface area contributed by atoms with Gasteiger partial charge in [-0.2, -0.15) is 0 Å². The van der Waals surface area contributed by atoms with E-state index < -0.39 is 24.6 Å². The lowest BCUT2D eigenvalue weighted by Gasteiger charge is -2.49. The van der Waals surface area contributed by atoms with E-state index in [0.717, 1.165) is 19.3 Å². The fraction of sp³-hybridized carbons (Fsp3) is 0.833. The third-order valence-corrected chi connectivity index (χ3v) is 3.89. The lowest BCUT2D eigenvalue weighted by molar-refractivity contribution is -0.140. The highest BCUT2D eigenvalue weighted by molar-refractivity contribution is 5.82. The number of carbonyl (C=O) groups excluding carboxylic acids is 1. The monoisotopic (exact) mass is 273 g/mol. The zero-order valence-corrected chi connectivity index (χ0v) is 11.7. The van der Waals surface area contributed by atoms with E-state index in [1.54, 1.807) is 7.05 Å². The number of aliphatic carboxylic acids is 1. The quantitative estimate of drug-likeness (QED) is 0.610. The van der Waals surface area contributed by atoms with Crippen LogP contribution in [-0.2, 0) is 4.79 Å². The van der Waals surface area contributed by atoms with Gasteiger partial charge in [-0.25, -0.2) is 9.59 Å². The molecule has 0 bridgehead atoms. The number of nitrogens with zero attached hydrogens (tertiary/aromatic N) is 2. The number of carboxylic acids is 1. The van der Waals surface area contributed by atoms with Crippen LogP contribution < -0.4 is 5.32 Å². The molecule has 0 heterocycles. The standard InChI is InChI=1S/C12H23N3O4/c1-14(2)12(5-4-6-12)8-15(3)11(19)13-9(7-16)10(17)18/h9,16H,4-8H2,1-3H3,(H,13,19)(H,17,18)/t9-/m0/s1. The Bertz CT molecular complexity index is 342. The number of hydrogen-bond donors (Lipinski definition) is 3. The number of urea groups is 1. The lowest BCUT2D eigenvalue weighted by atomic mass is 9.75. The molecule has 1 rings (SSSR count). The normalized spacial score (nSPS) is 18.6. The van der Waals surface area contributed by atoms with Crippen LogP contribution >= 0.6 is 0 Å². The van der Waals surface area contributed by atoms with Crippen molar-refractivity contribution in [2.45, 2.75) is 30.8 Å². The number of nitrogens with one attached hydrogen (secondary N) is 1. The largest absolute Gasteiger partial charge is 0.480 e. The smallest absolute Gasteiger partial charge is 0.328 e. The molecule has 1 saturated carbocycles. The van der Waals surface area contributed by atoms with Crippen molar-refractivity contribution < 1.29 is 19.8 Å². The summed E-state index contributed by atoms with van der Waals surface area (Å²) in [5.41, 5.74) is -0.00990. The van der Waals surface area contributed by atoms with Gasteiger partial charge in [0, 0.05) is 19.1 Å². The molecule has 0 radical (unpaired) electrons. The molecule has 0 saturated heterocycles. The maximum Gasteiger partial charge on any atom is 0.328 e. The number of carboxylic acid groups (broad SMARTS) is 1. The van der Waals surface area contributed by atoms with Gasteiger partial charge in [0.05, 0.1) is 6.61 Å². The van der Waals surface area contributed by atoms with Crippen molar-refractivity contribution in [2.24, 2.45) is 0 Å². The van der Waals surface area contributed by atoms with Crippen molar-refractivity contribution in [2.75, 3.05) is 34.3 Å². The first-order chi connectivity index (χ1) is 8.82. The van der Waals surface area contributed by atoms with Crippen LogP contribution in [0.3, 0.4) is 0 Å². The van der Waals surface area contributed by atoms with Gasteiger partial charge in [0.1, 0.15) is 0 Å². The average Bonchev–Trinajstić information content (AvgIpc) is 2.28. The second kappa shape index (κ2) is 6.21. The van der Waals surface area contributed by atoms with Gasteiger partial charge in [0.15, 0.2) is 6.04 Å². The van der Waals surface area contributed by atoms with E-state index in [1.807, 2.05) is 14.1 Å². The zero-order valence-electron chi connectivity index (χ0n) is 11.7. The van der Waals surface area contributed by atoms with Gasteiger partial charge in [-0.15, -0.1) is 0 Å². The molecule has 0 unspecified atom stereocenters. The van der Waals surface area contributed by atoms with Crippen LogP contribution in [0.15, 0.2) is 0 Å². The van der Waals surface area contributed by atoms with Gasteiger partial charge in [0.25, 0.3) is 0 Å². The van der Waals surface area contributed by atoms with Gasteiger partial charge in [-0.3, -0.25) is 0 Å². The Morgan fingerprint density at radius 2 is 1.89 bits per heavy atom. The molecule has 110 valence electrons. The van der Waals surface area contributed by atoms with Crippen molar-refractivity contribution in [3.8, 4) is 0 Å². The highest BCUT2D eigenvalue weighted by Gasteiger charge is 2.40. The third-order valence-electron chi connectivity index (χ3n) is 3.89. The number of aliphatic hydroxyl groups excluding tert-OH is 1. The summed E-state index contributed by atoms with van der Waals surface area (Å²) in [5, 5.41) is 20.0. The Kier molecular flexibility index (Phi) is 5.13. The van der Waals surface area contributed by atoms with Gasteiger partial charge in [0.2, 0.25) is 0 Å². The molecule has 0 aromatic heterocycles. The fourth-order valence-electron chi connectivity index (χ4n) is 2.29. The van der Waals surface area contributed by atoms with Crippen molar-refractivity contribution in [1.82, 2.24) is 15.1 Å². The molecule has 0 aromatic rings. The van der Waals surface area contributed by atoms with Gasteiger partial charge >= 0.3 is 12.0 Å². The highest BCUT2D eigenvalue weighted by atomic mass is 16.4. The van der Waals surface area contributed by atoms with Gasteiger partial charge < -0.3 is 25.3 Å². The number of carbonyl (C=O) groups is 2. The lowest BCUT2D eigenvalue weighted by Crippen LogP contribution is -2.59. The molecule has 0 spiro atoms. The molecule has 0 aromatic carbocycles. The number of aliphatic hydroxyl groups is 1. The summed E-state index contributed by atoms with van der Waals surface area (Å²) in [5.74, 6) is -1.24. The van der Waals surface area contributed by atoms with Crippen LogP contribution in [0.1, 0.15) is 19.3 Å². The maximum atomic E-state index is 11.9. The van der Waals surface area contributed by atoms with Crippen LogP contribution in [0.25, 0.3) is 0 Å². The highest BCUT2D eigenvalue weighted by Crippen LogP contribution is 2.36. The number of rotatable bonds is 6. The minimum atomic E-state index is -1.26. The Balaban J connectivity index is 2.55. The summed E-state index contributed by atoms with van der Waals surface area (Å²) >= 11 is 0. The number of likely N-dealkylation sites (N-methyl/N-ethyl adjacent to an activating group) is 2. The molecule has 1 fully saturated rings. The molecule has 3 N–H and O–H groups in total. The Hall–Kier alpha value is -1.34.